The molecule has 1 aliphatic rings. The summed E-state index contributed by atoms with van der Waals surface area (Å²) in [6.07, 6.45) is 1.77. The van der Waals surface area contributed by atoms with Crippen molar-refractivity contribution in [2.75, 3.05) is 4.90 Å². The normalized spacial score (nSPS) is 16.0. The fraction of sp³-hybridized carbons (Fsp3) is 0.0556. The Morgan fingerprint density at radius 2 is 1.79 bits per heavy atom. The molecule has 24 heavy (non-hydrogen) atoms. The van der Waals surface area contributed by atoms with Crippen molar-refractivity contribution >= 4 is 51.9 Å². The molecule has 0 radical (unpaired) electrons. The van der Waals surface area contributed by atoms with Gasteiger partial charge in [0, 0.05) is 0 Å². The molecule has 6 heteroatoms. The number of carboxylic acids is 1. The van der Waals surface area contributed by atoms with Gasteiger partial charge in [-0.05, 0) is 29.3 Å². The minimum atomic E-state index is -0.890. The highest BCUT2D eigenvalue weighted by atomic mass is 32.2. The quantitative estimate of drug-likeness (QED) is 0.669. The topological polar surface area (TPSA) is 57.6 Å². The number of benzene rings is 2. The van der Waals surface area contributed by atoms with Crippen molar-refractivity contribution in [3.63, 3.8) is 0 Å². The first-order chi connectivity index (χ1) is 11.5. The molecule has 1 heterocycles. The largest absolute Gasteiger partial charge is 0.481 e. The van der Waals surface area contributed by atoms with Gasteiger partial charge < -0.3 is 5.11 Å². The third-order valence-corrected chi connectivity index (χ3v) is 4.74. The van der Waals surface area contributed by atoms with Crippen molar-refractivity contribution in [1.82, 2.24) is 0 Å². The van der Waals surface area contributed by atoms with E-state index in [1.807, 2.05) is 36.4 Å². The van der Waals surface area contributed by atoms with Crippen LogP contribution in [0.2, 0.25) is 0 Å². The molecule has 0 aromatic heterocycles. The minimum Gasteiger partial charge on any atom is -0.481 e. The number of amides is 1. The van der Waals surface area contributed by atoms with Gasteiger partial charge in [0.2, 0.25) is 0 Å². The number of anilines is 1. The van der Waals surface area contributed by atoms with Gasteiger partial charge in [0.25, 0.3) is 5.91 Å². The number of hydrogen-bond acceptors (Lipinski definition) is 4. The molecular weight excluding hydrogens is 342 g/mol. The van der Waals surface area contributed by atoms with Crippen molar-refractivity contribution in [1.29, 1.82) is 0 Å². The maximum absolute atomic E-state index is 12.6. The van der Waals surface area contributed by atoms with Gasteiger partial charge in [0.05, 0.1) is 17.0 Å². The van der Waals surface area contributed by atoms with Crippen LogP contribution in [0.5, 0.6) is 0 Å². The number of hydrogen-bond donors (Lipinski definition) is 1. The van der Waals surface area contributed by atoms with Crippen LogP contribution in [-0.4, -0.2) is 21.3 Å². The molecular formula is C18H13NO3S2. The number of aliphatic carboxylic acids is 1. The predicted molar refractivity (Wildman–Crippen MR) is 99.9 cm³/mol. The number of nitrogens with zero attached hydrogens (tertiary/aromatic N) is 1. The molecule has 120 valence electrons. The summed E-state index contributed by atoms with van der Waals surface area (Å²) in [5.74, 6) is -1.06. The maximum Gasteiger partial charge on any atom is 0.307 e. The van der Waals surface area contributed by atoms with Crippen LogP contribution in [0.4, 0.5) is 5.69 Å². The van der Waals surface area contributed by atoms with Gasteiger partial charge in [-0.3, -0.25) is 14.5 Å². The molecule has 1 fully saturated rings. The SMILES string of the molecule is O=C(O)Cc1ccc(N2C(=O)/C(=C/c3ccccc3)SC2=S)cc1. The summed E-state index contributed by atoms with van der Waals surface area (Å²) in [4.78, 5) is 25.4. The molecule has 2 aromatic rings. The average molecular weight is 355 g/mol. The van der Waals surface area contributed by atoms with Crippen molar-refractivity contribution in [2.45, 2.75) is 6.42 Å². The first-order valence-corrected chi connectivity index (χ1v) is 8.41. The molecule has 1 aliphatic heterocycles. The number of rotatable bonds is 4. The fourth-order valence-electron chi connectivity index (χ4n) is 2.33. The highest BCUT2D eigenvalue weighted by Crippen LogP contribution is 2.36. The molecule has 0 unspecified atom stereocenters. The van der Waals surface area contributed by atoms with E-state index in [4.69, 9.17) is 17.3 Å². The molecule has 4 nitrogen and oxygen atoms in total. The van der Waals surface area contributed by atoms with E-state index in [1.165, 1.54) is 16.7 Å². The van der Waals surface area contributed by atoms with E-state index in [0.29, 0.717) is 20.5 Å². The Morgan fingerprint density at radius 3 is 2.42 bits per heavy atom. The second-order valence-electron chi connectivity index (χ2n) is 5.16. The zero-order chi connectivity index (χ0) is 17.1. The van der Waals surface area contributed by atoms with Crippen LogP contribution >= 0.6 is 24.0 Å². The average Bonchev–Trinajstić information content (AvgIpc) is 2.83. The molecule has 2 aromatic carbocycles. The number of thiocarbonyl (C=S) groups is 1. The van der Waals surface area contributed by atoms with E-state index in [-0.39, 0.29) is 12.3 Å². The van der Waals surface area contributed by atoms with Crippen LogP contribution in [0, 0.1) is 0 Å². The highest BCUT2D eigenvalue weighted by Gasteiger charge is 2.33. The Balaban J connectivity index is 1.84. The van der Waals surface area contributed by atoms with E-state index in [2.05, 4.69) is 0 Å². The molecule has 1 amide bonds. The molecule has 0 aliphatic carbocycles. The van der Waals surface area contributed by atoms with Crippen LogP contribution in [0.1, 0.15) is 11.1 Å². The van der Waals surface area contributed by atoms with E-state index >= 15 is 0 Å². The number of thioether (sulfide) groups is 1. The van der Waals surface area contributed by atoms with Crippen LogP contribution in [0.25, 0.3) is 6.08 Å². The van der Waals surface area contributed by atoms with Crippen LogP contribution in [0.15, 0.2) is 59.5 Å². The maximum atomic E-state index is 12.6. The second kappa shape index (κ2) is 6.98. The zero-order valence-electron chi connectivity index (χ0n) is 12.5. The summed E-state index contributed by atoms with van der Waals surface area (Å²) in [6.45, 7) is 0. The van der Waals surface area contributed by atoms with Gasteiger partial charge in [-0.1, -0.05) is 66.4 Å². The first kappa shape index (κ1) is 16.4. The molecule has 1 saturated heterocycles. The van der Waals surface area contributed by atoms with Crippen molar-refractivity contribution in [2.24, 2.45) is 0 Å². The summed E-state index contributed by atoms with van der Waals surface area (Å²) >= 11 is 6.59. The van der Waals surface area contributed by atoms with Crippen LogP contribution < -0.4 is 4.90 Å². The summed E-state index contributed by atoms with van der Waals surface area (Å²) in [5, 5.41) is 8.81. The van der Waals surface area contributed by atoms with Gasteiger partial charge >= 0.3 is 5.97 Å². The van der Waals surface area contributed by atoms with Gasteiger partial charge in [-0.15, -0.1) is 0 Å². The molecule has 0 saturated carbocycles. The van der Waals surface area contributed by atoms with Crippen LogP contribution in [0.3, 0.4) is 0 Å². The minimum absolute atomic E-state index is 0.0490. The molecule has 0 spiro atoms. The standard InChI is InChI=1S/C18H13NO3S2/c20-16(21)11-13-6-8-14(9-7-13)19-17(22)15(24-18(19)23)10-12-4-2-1-3-5-12/h1-10H,11H2,(H,20,21)/b15-10-. The van der Waals surface area contributed by atoms with E-state index in [9.17, 15) is 9.59 Å². The van der Waals surface area contributed by atoms with Gasteiger partial charge in [-0.2, -0.15) is 0 Å². The third-order valence-electron chi connectivity index (χ3n) is 3.44. The van der Waals surface area contributed by atoms with E-state index in [1.54, 1.807) is 24.3 Å². The third kappa shape index (κ3) is 3.55. The number of carbonyl (C=O) groups is 2. The van der Waals surface area contributed by atoms with Crippen LogP contribution in [-0.2, 0) is 16.0 Å². The lowest BCUT2D eigenvalue weighted by Crippen LogP contribution is -2.27. The Hall–Kier alpha value is -2.44. The zero-order valence-corrected chi connectivity index (χ0v) is 14.1. The van der Waals surface area contributed by atoms with Gasteiger partial charge in [0.1, 0.15) is 0 Å². The van der Waals surface area contributed by atoms with E-state index < -0.39 is 5.97 Å². The second-order valence-corrected chi connectivity index (χ2v) is 6.84. The van der Waals surface area contributed by atoms with Gasteiger partial charge in [0.15, 0.2) is 4.32 Å². The summed E-state index contributed by atoms with van der Waals surface area (Å²) in [5.41, 5.74) is 2.26. The monoisotopic (exact) mass is 355 g/mol. The van der Waals surface area contributed by atoms with Gasteiger partial charge in [-0.25, -0.2) is 0 Å². The fourth-order valence-corrected chi connectivity index (χ4v) is 3.63. The summed E-state index contributed by atoms with van der Waals surface area (Å²) in [6, 6.07) is 16.4. The summed E-state index contributed by atoms with van der Waals surface area (Å²) in [7, 11) is 0. The highest BCUT2D eigenvalue weighted by molar-refractivity contribution is 8.27. The molecule has 3 rings (SSSR count). The Bertz CT molecular complexity index is 829. The lowest BCUT2D eigenvalue weighted by atomic mass is 10.1. The van der Waals surface area contributed by atoms with Crippen molar-refractivity contribution in [3.8, 4) is 0 Å². The van der Waals surface area contributed by atoms with Crippen molar-refractivity contribution < 1.29 is 14.7 Å². The van der Waals surface area contributed by atoms with Crippen molar-refractivity contribution in [3.05, 3.63) is 70.6 Å². The number of carbonyl (C=O) groups excluding carboxylic acids is 1. The Labute approximate surface area is 148 Å². The van der Waals surface area contributed by atoms with E-state index in [0.717, 1.165) is 5.56 Å². The molecule has 0 atom stereocenters. The Kier molecular flexibility index (Phi) is 4.78. The lowest BCUT2D eigenvalue weighted by molar-refractivity contribution is -0.136. The first-order valence-electron chi connectivity index (χ1n) is 7.18. The molecule has 0 bridgehead atoms. The summed E-state index contributed by atoms with van der Waals surface area (Å²) < 4.78 is 0.466. The Morgan fingerprint density at radius 1 is 1.12 bits per heavy atom. The lowest BCUT2D eigenvalue weighted by Gasteiger charge is -2.14. The smallest absolute Gasteiger partial charge is 0.307 e. The predicted octanol–water partition coefficient (Wildman–Crippen LogP) is 3.72. The molecule has 1 N–H and O–H groups in total. The number of carboxylic acid groups (broad SMARTS) is 1.